The van der Waals surface area contributed by atoms with Gasteiger partial charge in [-0.1, -0.05) is 0 Å². The van der Waals surface area contributed by atoms with Gasteiger partial charge in [0.2, 0.25) is 6.57 Å². The lowest BCUT2D eigenvalue weighted by Gasteiger charge is -2.27. The summed E-state index contributed by atoms with van der Waals surface area (Å²) in [6.45, 7) is 4.08. The second-order valence-corrected chi connectivity index (χ2v) is 8.34. The molecule has 0 aliphatic carbocycles. The summed E-state index contributed by atoms with van der Waals surface area (Å²) in [6, 6.07) is 7.68. The monoisotopic (exact) mass is 347 g/mol. The second-order valence-electron chi connectivity index (χ2n) is 4.55. The standard InChI is InChI=1S/C13H22N3O2PS2/c1-5-18-19(21,15-10(2)3)16-13(20)14-11-6-8-12(17-4)9-7-11/h6-10H,5H2,1-4H3,(H3,14,15,16,20,21). The highest BCUT2D eigenvalue weighted by Gasteiger charge is 2.19. The Labute approximate surface area is 137 Å². The largest absolute Gasteiger partial charge is 0.497 e. The van der Waals surface area contributed by atoms with E-state index in [0.717, 1.165) is 11.4 Å². The van der Waals surface area contributed by atoms with Crippen molar-refractivity contribution in [1.82, 2.24) is 10.2 Å². The molecule has 1 aromatic carbocycles. The first kappa shape index (κ1) is 18.3. The van der Waals surface area contributed by atoms with Crippen LogP contribution >= 0.6 is 18.8 Å². The molecule has 0 fully saturated rings. The highest BCUT2D eigenvalue weighted by molar-refractivity contribution is 8.10. The van der Waals surface area contributed by atoms with Gasteiger partial charge >= 0.3 is 0 Å². The maximum Gasteiger partial charge on any atom is 0.225 e. The number of thiocarbonyl (C=S) groups is 1. The Morgan fingerprint density at radius 3 is 2.38 bits per heavy atom. The van der Waals surface area contributed by atoms with Crippen LogP contribution in [0.1, 0.15) is 20.8 Å². The molecule has 8 heteroatoms. The minimum absolute atomic E-state index is 0.207. The lowest BCUT2D eigenvalue weighted by molar-refractivity contribution is 0.364. The topological polar surface area (TPSA) is 54.5 Å². The predicted molar refractivity (Wildman–Crippen MR) is 96.5 cm³/mol. The number of hydrogen-bond acceptors (Lipinski definition) is 4. The van der Waals surface area contributed by atoms with Crippen molar-refractivity contribution in [2.75, 3.05) is 19.0 Å². The van der Waals surface area contributed by atoms with Crippen molar-refractivity contribution in [3.05, 3.63) is 24.3 Å². The van der Waals surface area contributed by atoms with Gasteiger partial charge < -0.3 is 19.7 Å². The quantitative estimate of drug-likeness (QED) is 0.517. The van der Waals surface area contributed by atoms with E-state index < -0.39 is 6.57 Å². The molecule has 0 saturated carbocycles. The lowest BCUT2D eigenvalue weighted by Crippen LogP contribution is -2.34. The molecule has 5 nitrogen and oxygen atoms in total. The summed E-state index contributed by atoms with van der Waals surface area (Å²) in [5, 5.41) is 9.84. The van der Waals surface area contributed by atoms with E-state index in [1.54, 1.807) is 7.11 Å². The average molecular weight is 347 g/mol. The number of hydrogen-bond donors (Lipinski definition) is 3. The van der Waals surface area contributed by atoms with Gasteiger partial charge in [0.05, 0.1) is 13.7 Å². The van der Waals surface area contributed by atoms with Gasteiger partial charge in [-0.15, -0.1) is 0 Å². The van der Waals surface area contributed by atoms with Crippen LogP contribution in [0.2, 0.25) is 0 Å². The van der Waals surface area contributed by atoms with E-state index in [4.69, 9.17) is 33.3 Å². The van der Waals surface area contributed by atoms with E-state index in [2.05, 4.69) is 15.5 Å². The Morgan fingerprint density at radius 1 is 1.29 bits per heavy atom. The minimum atomic E-state index is -2.38. The van der Waals surface area contributed by atoms with Crippen LogP contribution in [0, 0.1) is 0 Å². The zero-order valence-electron chi connectivity index (χ0n) is 12.7. The summed E-state index contributed by atoms with van der Waals surface area (Å²) in [5.41, 5.74) is 0.857. The highest BCUT2D eigenvalue weighted by Crippen LogP contribution is 2.38. The summed E-state index contributed by atoms with van der Waals surface area (Å²) in [7, 11) is 1.63. The average Bonchev–Trinajstić information content (AvgIpc) is 2.38. The third kappa shape index (κ3) is 6.72. The van der Waals surface area contributed by atoms with Crippen molar-refractivity contribution in [3.63, 3.8) is 0 Å². The molecule has 0 spiro atoms. The van der Waals surface area contributed by atoms with Crippen LogP contribution in [0.5, 0.6) is 5.75 Å². The molecular formula is C13H22N3O2PS2. The van der Waals surface area contributed by atoms with E-state index in [0.29, 0.717) is 11.7 Å². The zero-order chi connectivity index (χ0) is 15.9. The first-order chi connectivity index (χ1) is 9.88. The van der Waals surface area contributed by atoms with Gasteiger partial charge in [-0.05, 0) is 69.1 Å². The van der Waals surface area contributed by atoms with Crippen LogP contribution in [0.3, 0.4) is 0 Å². The number of ether oxygens (including phenoxy) is 1. The number of methoxy groups -OCH3 is 1. The molecule has 1 aromatic rings. The smallest absolute Gasteiger partial charge is 0.225 e. The summed E-state index contributed by atoms with van der Waals surface area (Å²) in [4.78, 5) is 0. The number of anilines is 1. The molecule has 0 aromatic heterocycles. The van der Waals surface area contributed by atoms with Crippen LogP contribution in [0.25, 0.3) is 0 Å². The van der Waals surface area contributed by atoms with Gasteiger partial charge in [-0.25, -0.2) is 5.09 Å². The number of nitrogens with one attached hydrogen (secondary N) is 3. The van der Waals surface area contributed by atoms with E-state index in [-0.39, 0.29) is 6.04 Å². The Morgan fingerprint density at radius 2 is 1.90 bits per heavy atom. The van der Waals surface area contributed by atoms with Crippen molar-refractivity contribution in [3.8, 4) is 5.75 Å². The maximum atomic E-state index is 5.64. The van der Waals surface area contributed by atoms with Crippen molar-refractivity contribution in [1.29, 1.82) is 0 Å². The van der Waals surface area contributed by atoms with Crippen LogP contribution in [0.15, 0.2) is 24.3 Å². The van der Waals surface area contributed by atoms with Gasteiger partial charge in [-0.2, -0.15) is 0 Å². The van der Waals surface area contributed by atoms with Gasteiger partial charge in [0.25, 0.3) is 0 Å². The Bertz CT molecular complexity index is 509. The third-order valence-corrected chi connectivity index (χ3v) is 5.59. The first-order valence-electron chi connectivity index (χ1n) is 6.64. The van der Waals surface area contributed by atoms with Crippen LogP contribution in [-0.4, -0.2) is 24.9 Å². The van der Waals surface area contributed by atoms with Crippen molar-refractivity contribution in [2.45, 2.75) is 26.8 Å². The molecule has 0 aliphatic rings. The van der Waals surface area contributed by atoms with E-state index in [1.165, 1.54) is 0 Å². The SMILES string of the molecule is CCOP(=S)(NC(=S)Nc1ccc(OC)cc1)NC(C)C. The molecule has 0 saturated heterocycles. The Kier molecular flexibility index (Phi) is 7.56. The highest BCUT2D eigenvalue weighted by atomic mass is 32.4. The Hall–Kier alpha value is -0.720. The molecule has 0 radical (unpaired) electrons. The minimum Gasteiger partial charge on any atom is -0.497 e. The van der Waals surface area contributed by atoms with E-state index in [1.807, 2.05) is 45.0 Å². The molecule has 0 aliphatic heterocycles. The molecular weight excluding hydrogens is 325 g/mol. The maximum absolute atomic E-state index is 5.64. The fraction of sp³-hybridized carbons (Fsp3) is 0.462. The fourth-order valence-electron chi connectivity index (χ4n) is 1.59. The van der Waals surface area contributed by atoms with Crippen LogP contribution in [-0.2, 0) is 16.3 Å². The summed E-state index contributed by atoms with van der Waals surface area (Å²) in [5.74, 6) is 0.792. The molecule has 1 unspecified atom stereocenters. The zero-order valence-corrected chi connectivity index (χ0v) is 15.2. The fourth-order valence-corrected chi connectivity index (χ4v) is 5.06. The van der Waals surface area contributed by atoms with E-state index >= 15 is 0 Å². The molecule has 21 heavy (non-hydrogen) atoms. The predicted octanol–water partition coefficient (Wildman–Crippen LogP) is 3.24. The molecule has 1 rings (SSSR count). The summed E-state index contributed by atoms with van der Waals surface area (Å²) >= 11 is 10.8. The summed E-state index contributed by atoms with van der Waals surface area (Å²) in [6.07, 6.45) is 0. The van der Waals surface area contributed by atoms with Gasteiger partial charge in [-0.3, -0.25) is 0 Å². The molecule has 0 amide bonds. The van der Waals surface area contributed by atoms with Crippen molar-refractivity contribution < 1.29 is 9.26 Å². The van der Waals surface area contributed by atoms with Crippen LogP contribution in [0.4, 0.5) is 5.69 Å². The second kappa shape index (κ2) is 8.66. The Balaban J connectivity index is 2.66. The summed E-state index contributed by atoms with van der Waals surface area (Å²) < 4.78 is 10.8. The molecule has 118 valence electrons. The molecule has 0 heterocycles. The van der Waals surface area contributed by atoms with Gasteiger partial charge in [0, 0.05) is 11.7 Å². The molecule has 3 N–H and O–H groups in total. The molecule has 1 atom stereocenters. The van der Waals surface area contributed by atoms with Crippen molar-refractivity contribution in [2.24, 2.45) is 0 Å². The first-order valence-corrected chi connectivity index (χ1v) is 9.77. The van der Waals surface area contributed by atoms with E-state index in [9.17, 15) is 0 Å². The lowest BCUT2D eigenvalue weighted by atomic mass is 10.3. The van der Waals surface area contributed by atoms with Gasteiger partial charge in [0.1, 0.15) is 5.75 Å². The third-order valence-electron chi connectivity index (χ3n) is 2.34. The van der Waals surface area contributed by atoms with Gasteiger partial charge in [0.15, 0.2) is 5.11 Å². The normalized spacial score (nSPS) is 13.6. The van der Waals surface area contributed by atoms with Crippen LogP contribution < -0.4 is 20.2 Å². The number of rotatable bonds is 7. The van der Waals surface area contributed by atoms with Crippen molar-refractivity contribution >= 4 is 41.4 Å². The molecule has 0 bridgehead atoms. The number of benzene rings is 1.